The molecule has 3 aromatic rings. The van der Waals surface area contributed by atoms with Crippen molar-refractivity contribution >= 4 is 17.5 Å². The number of ether oxygens (including phenoxy) is 1. The number of piperidine rings is 1. The van der Waals surface area contributed by atoms with Crippen molar-refractivity contribution in [1.82, 2.24) is 4.90 Å². The molecule has 1 aliphatic heterocycles. The third kappa shape index (κ3) is 4.27. The lowest BCUT2D eigenvalue weighted by molar-refractivity contribution is 0.0560. The van der Waals surface area contributed by atoms with Crippen LogP contribution in [0.25, 0.3) is 11.3 Å². The van der Waals surface area contributed by atoms with Gasteiger partial charge in [-0.1, -0.05) is 23.7 Å². The number of halogens is 3. The summed E-state index contributed by atoms with van der Waals surface area (Å²) in [6, 6.07) is 13.8. The number of furan rings is 1. The van der Waals surface area contributed by atoms with Gasteiger partial charge in [-0.3, -0.25) is 4.79 Å². The summed E-state index contributed by atoms with van der Waals surface area (Å²) in [6.07, 6.45) is 0.843. The van der Waals surface area contributed by atoms with Gasteiger partial charge in [0, 0.05) is 37.6 Å². The summed E-state index contributed by atoms with van der Waals surface area (Å²) in [5, 5.41) is 0.548. The minimum Gasteiger partial charge on any atom is -0.487 e. The fourth-order valence-electron chi connectivity index (χ4n) is 3.34. The van der Waals surface area contributed by atoms with Gasteiger partial charge in [0.2, 0.25) is 0 Å². The second-order valence-electron chi connectivity index (χ2n) is 6.83. The van der Waals surface area contributed by atoms with Gasteiger partial charge in [0.25, 0.3) is 5.91 Å². The highest BCUT2D eigenvalue weighted by Crippen LogP contribution is 2.30. The third-order valence-corrected chi connectivity index (χ3v) is 5.20. The molecule has 0 saturated carbocycles. The monoisotopic (exact) mass is 417 g/mol. The number of carbonyl (C=O) groups excluding carboxylic acids is 1. The van der Waals surface area contributed by atoms with Crippen LogP contribution in [-0.4, -0.2) is 30.0 Å². The van der Waals surface area contributed by atoms with E-state index < -0.39 is 11.6 Å². The Morgan fingerprint density at radius 3 is 2.55 bits per heavy atom. The first-order valence-electron chi connectivity index (χ1n) is 9.27. The van der Waals surface area contributed by atoms with Crippen molar-refractivity contribution in [1.29, 1.82) is 0 Å². The van der Waals surface area contributed by atoms with Crippen LogP contribution in [-0.2, 0) is 0 Å². The highest BCUT2D eigenvalue weighted by atomic mass is 35.5. The third-order valence-electron chi connectivity index (χ3n) is 4.87. The van der Waals surface area contributed by atoms with E-state index in [2.05, 4.69) is 0 Å². The largest absolute Gasteiger partial charge is 0.487 e. The number of nitrogens with zero attached hydrogens (tertiary/aromatic N) is 1. The zero-order chi connectivity index (χ0) is 20.4. The van der Waals surface area contributed by atoms with Crippen molar-refractivity contribution in [2.45, 2.75) is 18.9 Å². The van der Waals surface area contributed by atoms with E-state index in [-0.39, 0.29) is 23.5 Å². The Balaban J connectivity index is 1.37. The first-order chi connectivity index (χ1) is 14.0. The predicted octanol–water partition coefficient (Wildman–Crippen LogP) is 5.56. The molecule has 0 spiro atoms. The van der Waals surface area contributed by atoms with Crippen LogP contribution in [0.5, 0.6) is 5.75 Å². The van der Waals surface area contributed by atoms with Gasteiger partial charge in [0.1, 0.15) is 17.7 Å². The minimum atomic E-state index is -0.730. The second kappa shape index (κ2) is 8.25. The Kier molecular flexibility index (Phi) is 5.53. The van der Waals surface area contributed by atoms with Gasteiger partial charge in [0.05, 0.1) is 5.02 Å². The Morgan fingerprint density at radius 1 is 1.07 bits per heavy atom. The molecule has 2 heterocycles. The van der Waals surface area contributed by atoms with Crippen LogP contribution in [0, 0.1) is 11.6 Å². The van der Waals surface area contributed by atoms with Crippen LogP contribution in [0.3, 0.4) is 0 Å². The smallest absolute Gasteiger partial charge is 0.289 e. The molecule has 150 valence electrons. The van der Waals surface area contributed by atoms with Gasteiger partial charge >= 0.3 is 0 Å². The molecule has 2 aromatic carbocycles. The summed E-state index contributed by atoms with van der Waals surface area (Å²) in [6.45, 7) is 0.906. The maximum Gasteiger partial charge on any atom is 0.289 e. The van der Waals surface area contributed by atoms with Gasteiger partial charge in [-0.2, -0.15) is 0 Å². The van der Waals surface area contributed by atoms with Crippen LogP contribution >= 0.6 is 11.6 Å². The number of carbonyl (C=O) groups is 1. The van der Waals surface area contributed by atoms with Crippen LogP contribution in [0.4, 0.5) is 8.78 Å². The zero-order valence-electron chi connectivity index (χ0n) is 15.4. The molecule has 4 rings (SSSR count). The van der Waals surface area contributed by atoms with E-state index in [1.165, 1.54) is 6.07 Å². The van der Waals surface area contributed by atoms with Crippen molar-refractivity contribution < 1.29 is 22.7 Å². The molecule has 0 bridgehead atoms. The SMILES string of the molecule is O=C(c1ccc(-c2ccccc2Cl)o1)N1CCC(Oc2ccc(F)cc2F)CC1. The van der Waals surface area contributed by atoms with Gasteiger partial charge in [0.15, 0.2) is 17.3 Å². The van der Waals surface area contributed by atoms with Crippen molar-refractivity contribution in [3.05, 3.63) is 77.0 Å². The molecule has 0 aliphatic carbocycles. The summed E-state index contributed by atoms with van der Waals surface area (Å²) in [7, 11) is 0. The van der Waals surface area contributed by atoms with Crippen LogP contribution in [0.15, 0.2) is 59.0 Å². The predicted molar refractivity (Wildman–Crippen MR) is 105 cm³/mol. The van der Waals surface area contributed by atoms with Gasteiger partial charge in [-0.05, 0) is 36.4 Å². The summed E-state index contributed by atoms with van der Waals surface area (Å²) in [4.78, 5) is 14.4. The van der Waals surface area contributed by atoms with Crippen molar-refractivity contribution in [2.24, 2.45) is 0 Å². The molecule has 29 heavy (non-hydrogen) atoms. The fourth-order valence-corrected chi connectivity index (χ4v) is 3.57. The standard InChI is InChI=1S/C22H18ClF2NO3/c23-17-4-2-1-3-16(17)19-7-8-21(29-19)22(27)26-11-9-15(10-12-26)28-20-6-5-14(24)13-18(20)25/h1-8,13,15H,9-12H2. The summed E-state index contributed by atoms with van der Waals surface area (Å²) < 4.78 is 38.1. The van der Waals surface area contributed by atoms with Crippen LogP contribution in [0.2, 0.25) is 5.02 Å². The van der Waals surface area contributed by atoms with E-state index >= 15 is 0 Å². The average molecular weight is 418 g/mol. The number of rotatable bonds is 4. The zero-order valence-corrected chi connectivity index (χ0v) is 16.2. The quantitative estimate of drug-likeness (QED) is 0.558. The molecular formula is C22H18ClF2NO3. The molecule has 1 aromatic heterocycles. The Morgan fingerprint density at radius 2 is 1.83 bits per heavy atom. The topological polar surface area (TPSA) is 42.7 Å². The molecule has 7 heteroatoms. The summed E-state index contributed by atoms with van der Waals surface area (Å²) in [5.74, 6) is -0.801. The molecule has 0 N–H and O–H groups in total. The molecule has 1 saturated heterocycles. The van der Waals surface area contributed by atoms with E-state index in [1.807, 2.05) is 18.2 Å². The Labute approximate surface area is 171 Å². The molecule has 0 radical (unpaired) electrons. The first-order valence-corrected chi connectivity index (χ1v) is 9.65. The molecule has 1 fully saturated rings. The number of hydrogen-bond acceptors (Lipinski definition) is 3. The molecule has 0 unspecified atom stereocenters. The van der Waals surface area contributed by atoms with Crippen molar-refractivity contribution in [2.75, 3.05) is 13.1 Å². The van der Waals surface area contributed by atoms with E-state index in [1.54, 1.807) is 23.1 Å². The molecule has 4 nitrogen and oxygen atoms in total. The highest BCUT2D eigenvalue weighted by Gasteiger charge is 2.27. The van der Waals surface area contributed by atoms with E-state index in [9.17, 15) is 13.6 Å². The summed E-state index contributed by atoms with van der Waals surface area (Å²) >= 11 is 6.18. The average Bonchev–Trinajstić information content (AvgIpc) is 3.20. The van der Waals surface area contributed by atoms with Gasteiger partial charge in [-0.15, -0.1) is 0 Å². The highest BCUT2D eigenvalue weighted by molar-refractivity contribution is 6.33. The fraction of sp³-hybridized carbons (Fsp3) is 0.227. The van der Waals surface area contributed by atoms with Gasteiger partial charge < -0.3 is 14.1 Å². The second-order valence-corrected chi connectivity index (χ2v) is 7.24. The molecule has 1 amide bonds. The van der Waals surface area contributed by atoms with E-state index in [0.717, 1.165) is 17.7 Å². The number of amides is 1. The Bertz CT molecular complexity index is 1030. The molecule has 1 aliphatic rings. The first kappa shape index (κ1) is 19.5. The van der Waals surface area contributed by atoms with E-state index in [4.69, 9.17) is 20.8 Å². The minimum absolute atomic E-state index is 0.0200. The summed E-state index contributed by atoms with van der Waals surface area (Å²) in [5.41, 5.74) is 0.724. The number of hydrogen-bond donors (Lipinski definition) is 0. The van der Waals surface area contributed by atoms with Crippen LogP contribution in [0.1, 0.15) is 23.4 Å². The van der Waals surface area contributed by atoms with E-state index in [0.29, 0.717) is 36.7 Å². The van der Waals surface area contributed by atoms with Gasteiger partial charge in [-0.25, -0.2) is 8.78 Å². The van der Waals surface area contributed by atoms with Crippen molar-refractivity contribution in [3.8, 4) is 17.1 Å². The normalized spacial score (nSPS) is 14.8. The lowest BCUT2D eigenvalue weighted by atomic mass is 10.1. The Hall–Kier alpha value is -2.86. The maximum absolute atomic E-state index is 13.8. The lowest BCUT2D eigenvalue weighted by Gasteiger charge is -2.31. The van der Waals surface area contributed by atoms with Crippen LogP contribution < -0.4 is 4.74 Å². The molecule has 0 atom stereocenters. The number of benzene rings is 2. The molecular weight excluding hydrogens is 400 g/mol. The van der Waals surface area contributed by atoms with Crippen molar-refractivity contribution in [3.63, 3.8) is 0 Å². The number of likely N-dealkylation sites (tertiary alicyclic amines) is 1. The maximum atomic E-state index is 13.8. The lowest BCUT2D eigenvalue weighted by Crippen LogP contribution is -2.41.